The van der Waals surface area contributed by atoms with Crippen LogP contribution in [-0.4, -0.2) is 24.3 Å². The Kier molecular flexibility index (Phi) is 10.3. The van der Waals surface area contributed by atoms with E-state index in [1.807, 2.05) is 32.8 Å². The molecule has 0 unspecified atom stereocenters. The van der Waals surface area contributed by atoms with Crippen LogP contribution in [0.5, 0.6) is 0 Å². The second kappa shape index (κ2) is 8.47. The number of rotatable bonds is 2. The molecule has 0 aliphatic heterocycles. The zero-order valence-electron chi connectivity index (χ0n) is 8.05. The van der Waals surface area contributed by atoms with Gasteiger partial charge in [-0.2, -0.15) is 5.10 Å². The normalized spacial score (nSPS) is 9.50. The maximum atomic E-state index is 4.03. The average molecular weight is 144 g/mol. The predicted octanol–water partition coefficient (Wildman–Crippen LogP) is 2.36. The van der Waals surface area contributed by atoms with Crippen LogP contribution < -0.4 is 0 Å². The van der Waals surface area contributed by atoms with E-state index < -0.39 is 0 Å². The summed E-state index contributed by atoms with van der Waals surface area (Å²) in [5.74, 6) is 0. The third kappa shape index (κ3) is 7.47. The lowest BCUT2D eigenvalue weighted by Crippen LogP contribution is -2.19. The molecule has 0 amide bonds. The highest BCUT2D eigenvalue weighted by atomic mass is 15.4. The fourth-order valence-electron chi connectivity index (χ4n) is 0.315. The summed E-state index contributed by atoms with van der Waals surface area (Å²) in [5, 5.41) is 5.95. The van der Waals surface area contributed by atoms with Crippen LogP contribution in [0.3, 0.4) is 0 Å². The third-order valence-electron chi connectivity index (χ3n) is 1.04. The molecule has 0 atom stereocenters. The largest absolute Gasteiger partial charge is 0.298 e. The van der Waals surface area contributed by atoms with E-state index in [0.717, 1.165) is 0 Å². The van der Waals surface area contributed by atoms with Crippen molar-refractivity contribution in [2.75, 3.05) is 7.05 Å². The maximum Gasteiger partial charge on any atom is 0.0410 e. The lowest BCUT2D eigenvalue weighted by Gasteiger charge is -2.15. The Labute approximate surface area is 64.9 Å². The van der Waals surface area contributed by atoms with Crippen LogP contribution in [0, 0.1) is 0 Å². The second-order valence-corrected chi connectivity index (χ2v) is 2.04. The average Bonchev–Trinajstić information content (AvgIpc) is 1.93. The molecule has 0 aromatic heterocycles. The first-order valence-corrected chi connectivity index (χ1v) is 3.90. The summed E-state index contributed by atoms with van der Waals surface area (Å²) in [4.78, 5) is 0. The van der Waals surface area contributed by atoms with Crippen molar-refractivity contribution in [1.29, 1.82) is 0 Å². The maximum absolute atomic E-state index is 4.03. The Balaban J connectivity index is 0. The minimum Gasteiger partial charge on any atom is -0.298 e. The Morgan fingerprint density at radius 3 is 1.80 bits per heavy atom. The number of nitrogens with zero attached hydrogens (tertiary/aromatic N) is 2. The molecule has 2 heteroatoms. The van der Waals surface area contributed by atoms with Gasteiger partial charge in [-0.15, -0.1) is 0 Å². The van der Waals surface area contributed by atoms with Crippen molar-refractivity contribution in [3.8, 4) is 0 Å². The first-order valence-electron chi connectivity index (χ1n) is 3.90. The fourth-order valence-corrected chi connectivity index (χ4v) is 0.315. The summed E-state index contributed by atoms with van der Waals surface area (Å²) in [5.41, 5.74) is 0. The molecule has 0 aromatic carbocycles. The van der Waals surface area contributed by atoms with Crippen LogP contribution in [0.1, 0.15) is 34.6 Å². The van der Waals surface area contributed by atoms with E-state index in [9.17, 15) is 0 Å². The molecule has 0 bridgehead atoms. The van der Waals surface area contributed by atoms with E-state index in [0.29, 0.717) is 6.04 Å². The summed E-state index contributed by atoms with van der Waals surface area (Å²) < 4.78 is 0. The Bertz CT molecular complexity index is 77.3. The Hall–Kier alpha value is -0.530. The number of hydrogen-bond acceptors (Lipinski definition) is 2. The van der Waals surface area contributed by atoms with Gasteiger partial charge in [0.15, 0.2) is 0 Å². The van der Waals surface area contributed by atoms with E-state index in [1.165, 1.54) is 0 Å². The Morgan fingerprint density at radius 1 is 1.30 bits per heavy atom. The SMILES string of the molecule is C/C=N\N(C)C(C)C.CC. The summed E-state index contributed by atoms with van der Waals surface area (Å²) >= 11 is 0. The van der Waals surface area contributed by atoms with Gasteiger partial charge in [0.25, 0.3) is 0 Å². The molecule has 0 fully saturated rings. The molecule has 0 saturated carbocycles. The van der Waals surface area contributed by atoms with Crippen LogP contribution >= 0.6 is 0 Å². The van der Waals surface area contributed by atoms with Gasteiger partial charge < -0.3 is 0 Å². The molecule has 62 valence electrons. The van der Waals surface area contributed by atoms with Crippen molar-refractivity contribution in [3.63, 3.8) is 0 Å². The zero-order valence-corrected chi connectivity index (χ0v) is 8.05. The lowest BCUT2D eigenvalue weighted by molar-refractivity contribution is 0.290. The molecule has 10 heavy (non-hydrogen) atoms. The van der Waals surface area contributed by atoms with Gasteiger partial charge in [0.2, 0.25) is 0 Å². The molecule has 0 aliphatic rings. The van der Waals surface area contributed by atoms with Gasteiger partial charge in [-0.05, 0) is 20.8 Å². The summed E-state index contributed by atoms with van der Waals surface area (Å²) in [6.07, 6.45) is 1.79. The summed E-state index contributed by atoms with van der Waals surface area (Å²) in [6.45, 7) is 10.1. The molecular weight excluding hydrogens is 124 g/mol. The van der Waals surface area contributed by atoms with Crippen LogP contribution in [0.4, 0.5) is 0 Å². The Morgan fingerprint density at radius 2 is 1.70 bits per heavy atom. The zero-order chi connectivity index (χ0) is 8.57. The quantitative estimate of drug-likeness (QED) is 0.429. The van der Waals surface area contributed by atoms with Crippen molar-refractivity contribution < 1.29 is 0 Å². The van der Waals surface area contributed by atoms with Crippen molar-refractivity contribution in [2.24, 2.45) is 5.10 Å². The van der Waals surface area contributed by atoms with Crippen molar-refractivity contribution in [2.45, 2.75) is 40.7 Å². The van der Waals surface area contributed by atoms with Crippen LogP contribution in [0.25, 0.3) is 0 Å². The predicted molar refractivity (Wildman–Crippen MR) is 48.4 cm³/mol. The summed E-state index contributed by atoms with van der Waals surface area (Å²) in [6, 6.07) is 0.506. The van der Waals surface area contributed by atoms with E-state index in [4.69, 9.17) is 0 Å². The molecule has 0 rings (SSSR count). The molecule has 0 saturated heterocycles. The number of hydrogen-bond donors (Lipinski definition) is 0. The molecular formula is C8H20N2. The smallest absolute Gasteiger partial charge is 0.0410 e. The highest BCUT2D eigenvalue weighted by Gasteiger charge is 1.94. The van der Waals surface area contributed by atoms with E-state index in [-0.39, 0.29) is 0 Å². The van der Waals surface area contributed by atoms with Gasteiger partial charge in [0.1, 0.15) is 0 Å². The fraction of sp³-hybridized carbons (Fsp3) is 0.875. The molecule has 0 spiro atoms. The second-order valence-electron chi connectivity index (χ2n) is 2.04. The van der Waals surface area contributed by atoms with E-state index >= 15 is 0 Å². The summed E-state index contributed by atoms with van der Waals surface area (Å²) in [7, 11) is 1.96. The van der Waals surface area contributed by atoms with Crippen molar-refractivity contribution in [3.05, 3.63) is 0 Å². The van der Waals surface area contributed by atoms with Crippen molar-refractivity contribution in [1.82, 2.24) is 5.01 Å². The highest BCUT2D eigenvalue weighted by molar-refractivity contribution is 5.52. The topological polar surface area (TPSA) is 15.6 Å². The van der Waals surface area contributed by atoms with Gasteiger partial charge in [-0.1, -0.05) is 13.8 Å². The van der Waals surface area contributed by atoms with E-state index in [2.05, 4.69) is 18.9 Å². The first kappa shape index (κ1) is 12.2. The molecule has 0 radical (unpaired) electrons. The van der Waals surface area contributed by atoms with Gasteiger partial charge in [-0.25, -0.2) is 0 Å². The molecule has 0 aromatic rings. The van der Waals surface area contributed by atoms with Gasteiger partial charge in [-0.3, -0.25) is 5.01 Å². The lowest BCUT2D eigenvalue weighted by atomic mass is 10.4. The molecule has 2 nitrogen and oxygen atoms in total. The van der Waals surface area contributed by atoms with E-state index in [1.54, 1.807) is 6.21 Å². The minimum atomic E-state index is 0.506. The van der Waals surface area contributed by atoms with Crippen LogP contribution in [0.2, 0.25) is 0 Å². The third-order valence-corrected chi connectivity index (χ3v) is 1.04. The first-order chi connectivity index (χ1) is 4.68. The van der Waals surface area contributed by atoms with Crippen LogP contribution in [-0.2, 0) is 0 Å². The van der Waals surface area contributed by atoms with Gasteiger partial charge >= 0.3 is 0 Å². The molecule has 0 aliphatic carbocycles. The highest BCUT2D eigenvalue weighted by Crippen LogP contribution is 1.90. The monoisotopic (exact) mass is 144 g/mol. The van der Waals surface area contributed by atoms with Crippen molar-refractivity contribution >= 4 is 6.21 Å². The standard InChI is InChI=1S/C6H14N2.C2H6/c1-5-7-8(4)6(2)3;1-2/h5-6H,1-4H3;1-2H3/b7-5-;. The molecule has 0 heterocycles. The van der Waals surface area contributed by atoms with Gasteiger partial charge in [0.05, 0.1) is 0 Å². The van der Waals surface area contributed by atoms with Crippen LogP contribution in [0.15, 0.2) is 5.10 Å². The molecule has 0 N–H and O–H groups in total. The minimum absolute atomic E-state index is 0.506. The van der Waals surface area contributed by atoms with Gasteiger partial charge in [0, 0.05) is 19.3 Å². The number of hydrazone groups is 1.